The lowest BCUT2D eigenvalue weighted by molar-refractivity contribution is -0.167. The summed E-state index contributed by atoms with van der Waals surface area (Å²) in [6.45, 7) is 14.8. The third kappa shape index (κ3) is 4.00. The molecule has 0 bridgehead atoms. The van der Waals surface area contributed by atoms with Gasteiger partial charge in [-0.3, -0.25) is 4.79 Å². The third-order valence-corrected chi connectivity index (χ3v) is 4.04. The average molecular weight is 254 g/mol. The van der Waals surface area contributed by atoms with Crippen molar-refractivity contribution in [2.45, 2.75) is 73.8 Å². The fourth-order valence-corrected chi connectivity index (χ4v) is 2.76. The summed E-state index contributed by atoms with van der Waals surface area (Å²) >= 11 is 0. The van der Waals surface area contributed by atoms with E-state index in [0.717, 1.165) is 6.42 Å². The Morgan fingerprint density at radius 2 is 1.61 bits per heavy atom. The minimum atomic E-state index is -0.400. The number of rotatable bonds is 1. The average Bonchev–Trinajstić information content (AvgIpc) is 2.13. The van der Waals surface area contributed by atoms with Gasteiger partial charge in [0.15, 0.2) is 0 Å². The maximum Gasteiger partial charge on any atom is 0.311 e. The van der Waals surface area contributed by atoms with Gasteiger partial charge in [-0.05, 0) is 44.9 Å². The van der Waals surface area contributed by atoms with Gasteiger partial charge in [-0.25, -0.2) is 0 Å². The van der Waals surface area contributed by atoms with Crippen molar-refractivity contribution in [1.82, 2.24) is 0 Å². The number of esters is 1. The molecule has 0 aromatic heterocycles. The summed E-state index contributed by atoms with van der Waals surface area (Å²) in [7, 11) is 0. The van der Waals surface area contributed by atoms with Crippen LogP contribution in [0.3, 0.4) is 0 Å². The molecule has 0 aromatic carbocycles. The standard InChI is InChI=1S/C16H30O2/c1-11-8-9-12(15(2,3)4)13(10-11)18-14(17)16(5,6)7/h11-13H,8-10H2,1-7H3. The van der Waals surface area contributed by atoms with E-state index in [2.05, 4.69) is 27.7 Å². The molecule has 0 heterocycles. The first kappa shape index (κ1) is 15.5. The normalized spacial score (nSPS) is 30.1. The molecule has 0 saturated heterocycles. The van der Waals surface area contributed by atoms with Gasteiger partial charge >= 0.3 is 5.97 Å². The van der Waals surface area contributed by atoms with Gasteiger partial charge in [0, 0.05) is 5.92 Å². The molecule has 0 spiro atoms. The highest BCUT2D eigenvalue weighted by molar-refractivity contribution is 5.75. The summed E-state index contributed by atoms with van der Waals surface area (Å²) < 4.78 is 5.83. The maximum atomic E-state index is 12.1. The van der Waals surface area contributed by atoms with Crippen LogP contribution in [0, 0.1) is 22.7 Å². The summed E-state index contributed by atoms with van der Waals surface area (Å²) in [5.41, 5.74) is -0.188. The van der Waals surface area contributed by atoms with Crippen LogP contribution >= 0.6 is 0 Å². The molecule has 2 nitrogen and oxygen atoms in total. The first-order valence-electron chi connectivity index (χ1n) is 7.23. The predicted octanol–water partition coefficient (Wildman–Crippen LogP) is 4.43. The Balaban J connectivity index is 2.78. The number of carbonyl (C=O) groups excluding carboxylic acids is 1. The van der Waals surface area contributed by atoms with Crippen LogP contribution in [0.2, 0.25) is 0 Å². The van der Waals surface area contributed by atoms with Gasteiger partial charge in [-0.2, -0.15) is 0 Å². The summed E-state index contributed by atoms with van der Waals surface area (Å²) in [6, 6.07) is 0. The highest BCUT2D eigenvalue weighted by Gasteiger charge is 2.39. The largest absolute Gasteiger partial charge is 0.462 e. The summed E-state index contributed by atoms with van der Waals surface area (Å²) in [4.78, 5) is 12.1. The zero-order valence-electron chi connectivity index (χ0n) is 13.2. The molecule has 0 aromatic rings. The van der Waals surface area contributed by atoms with Crippen molar-refractivity contribution in [3.8, 4) is 0 Å². The van der Waals surface area contributed by atoms with E-state index < -0.39 is 5.41 Å². The van der Waals surface area contributed by atoms with Gasteiger partial charge in [0.2, 0.25) is 0 Å². The highest BCUT2D eigenvalue weighted by atomic mass is 16.5. The molecular weight excluding hydrogens is 224 g/mol. The van der Waals surface area contributed by atoms with Crippen molar-refractivity contribution >= 4 is 5.97 Å². The third-order valence-electron chi connectivity index (χ3n) is 4.04. The van der Waals surface area contributed by atoms with Crippen LogP contribution in [0.5, 0.6) is 0 Å². The van der Waals surface area contributed by atoms with E-state index in [-0.39, 0.29) is 17.5 Å². The first-order chi connectivity index (χ1) is 8.01. The van der Waals surface area contributed by atoms with E-state index in [1.807, 2.05) is 20.8 Å². The van der Waals surface area contributed by atoms with Crippen molar-refractivity contribution in [1.29, 1.82) is 0 Å². The van der Waals surface area contributed by atoms with Crippen LogP contribution in [-0.4, -0.2) is 12.1 Å². The molecule has 0 amide bonds. The smallest absolute Gasteiger partial charge is 0.311 e. The Morgan fingerprint density at radius 3 is 2.06 bits per heavy atom. The Bertz CT molecular complexity index is 293. The van der Waals surface area contributed by atoms with Crippen molar-refractivity contribution < 1.29 is 9.53 Å². The molecule has 106 valence electrons. The van der Waals surface area contributed by atoms with Crippen molar-refractivity contribution in [3.05, 3.63) is 0 Å². The summed E-state index contributed by atoms with van der Waals surface area (Å²) in [5.74, 6) is 1.09. The van der Waals surface area contributed by atoms with Gasteiger partial charge in [0.1, 0.15) is 6.10 Å². The Labute approximate surface area is 112 Å². The van der Waals surface area contributed by atoms with Crippen LogP contribution in [0.15, 0.2) is 0 Å². The lowest BCUT2D eigenvalue weighted by Gasteiger charge is -2.42. The van der Waals surface area contributed by atoms with Gasteiger partial charge in [-0.15, -0.1) is 0 Å². The molecule has 1 aliphatic rings. The monoisotopic (exact) mass is 254 g/mol. The second kappa shape index (κ2) is 5.22. The summed E-state index contributed by atoms with van der Waals surface area (Å²) in [6.07, 6.45) is 3.54. The van der Waals surface area contributed by atoms with E-state index in [9.17, 15) is 4.79 Å². The molecule has 0 N–H and O–H groups in total. The molecular formula is C16H30O2. The second-order valence-corrected chi connectivity index (χ2v) is 8.08. The van der Waals surface area contributed by atoms with Gasteiger partial charge in [0.25, 0.3) is 0 Å². The molecule has 1 aliphatic carbocycles. The van der Waals surface area contributed by atoms with Crippen LogP contribution < -0.4 is 0 Å². The van der Waals surface area contributed by atoms with E-state index in [4.69, 9.17) is 4.74 Å². The van der Waals surface area contributed by atoms with Crippen LogP contribution in [0.25, 0.3) is 0 Å². The van der Waals surface area contributed by atoms with Crippen LogP contribution in [0.1, 0.15) is 67.7 Å². The number of hydrogen-bond acceptors (Lipinski definition) is 2. The predicted molar refractivity (Wildman–Crippen MR) is 75.3 cm³/mol. The maximum absolute atomic E-state index is 12.1. The second-order valence-electron chi connectivity index (χ2n) is 8.08. The molecule has 2 heteroatoms. The molecule has 1 rings (SSSR count). The lowest BCUT2D eigenvalue weighted by Crippen LogP contribution is -2.41. The van der Waals surface area contributed by atoms with Crippen LogP contribution in [0.4, 0.5) is 0 Å². The van der Waals surface area contributed by atoms with Crippen molar-refractivity contribution in [3.63, 3.8) is 0 Å². The quantitative estimate of drug-likeness (QED) is 0.647. The minimum Gasteiger partial charge on any atom is -0.462 e. The zero-order valence-corrected chi connectivity index (χ0v) is 13.2. The van der Waals surface area contributed by atoms with E-state index in [1.165, 1.54) is 12.8 Å². The molecule has 18 heavy (non-hydrogen) atoms. The number of carbonyl (C=O) groups is 1. The van der Waals surface area contributed by atoms with Crippen LogP contribution in [-0.2, 0) is 9.53 Å². The number of ether oxygens (including phenoxy) is 1. The Kier molecular flexibility index (Phi) is 4.51. The molecule has 1 fully saturated rings. The van der Waals surface area contributed by atoms with Crippen molar-refractivity contribution in [2.75, 3.05) is 0 Å². The SMILES string of the molecule is CC1CCC(C(C)(C)C)C(OC(=O)C(C)(C)C)C1. The molecule has 0 aliphatic heterocycles. The Hall–Kier alpha value is -0.530. The molecule has 0 radical (unpaired) electrons. The fourth-order valence-electron chi connectivity index (χ4n) is 2.76. The topological polar surface area (TPSA) is 26.3 Å². The van der Waals surface area contributed by atoms with Gasteiger partial charge in [0.05, 0.1) is 5.41 Å². The van der Waals surface area contributed by atoms with Crippen molar-refractivity contribution in [2.24, 2.45) is 22.7 Å². The lowest BCUT2D eigenvalue weighted by atomic mass is 9.68. The highest BCUT2D eigenvalue weighted by Crippen LogP contribution is 2.42. The van der Waals surface area contributed by atoms with E-state index >= 15 is 0 Å². The zero-order chi connectivity index (χ0) is 14.1. The molecule has 3 atom stereocenters. The first-order valence-corrected chi connectivity index (χ1v) is 7.23. The fraction of sp³-hybridized carbons (Fsp3) is 0.938. The Morgan fingerprint density at radius 1 is 1.06 bits per heavy atom. The molecule has 1 saturated carbocycles. The van der Waals surface area contributed by atoms with Gasteiger partial charge < -0.3 is 4.74 Å². The molecule has 3 unspecified atom stereocenters. The summed E-state index contributed by atoms with van der Waals surface area (Å²) in [5, 5.41) is 0. The number of hydrogen-bond donors (Lipinski definition) is 0. The van der Waals surface area contributed by atoms with E-state index in [1.54, 1.807) is 0 Å². The van der Waals surface area contributed by atoms with E-state index in [0.29, 0.717) is 11.8 Å². The van der Waals surface area contributed by atoms with Gasteiger partial charge in [-0.1, -0.05) is 34.1 Å². The minimum absolute atomic E-state index is 0.0594.